The molecule has 2 heteroatoms. The van der Waals surface area contributed by atoms with Crippen LogP contribution < -0.4 is 5.32 Å². The van der Waals surface area contributed by atoms with E-state index in [1.54, 1.807) is 0 Å². The molecule has 1 heterocycles. The molecule has 1 aromatic rings. The Bertz CT molecular complexity index is 318. The molecule has 1 fully saturated rings. The van der Waals surface area contributed by atoms with Crippen LogP contribution in [0.5, 0.6) is 0 Å². The highest BCUT2D eigenvalue weighted by atomic mass is 32.1. The highest BCUT2D eigenvalue weighted by Gasteiger charge is 2.22. The number of thiophene rings is 1. The minimum absolute atomic E-state index is 0.765. The number of rotatable bonds is 4. The highest BCUT2D eigenvalue weighted by molar-refractivity contribution is 7.11. The van der Waals surface area contributed by atoms with Gasteiger partial charge in [-0.15, -0.1) is 11.3 Å². The lowest BCUT2D eigenvalue weighted by atomic mass is 9.83. The molecule has 2 atom stereocenters. The Morgan fingerprint density at radius 1 is 1.31 bits per heavy atom. The molecule has 1 aliphatic rings. The molecule has 0 radical (unpaired) electrons. The molecule has 0 saturated heterocycles. The zero-order valence-electron chi connectivity index (χ0n) is 10.5. The van der Waals surface area contributed by atoms with E-state index in [9.17, 15) is 0 Å². The van der Waals surface area contributed by atoms with Gasteiger partial charge in [0.1, 0.15) is 0 Å². The summed E-state index contributed by atoms with van der Waals surface area (Å²) in [6, 6.07) is 5.25. The van der Waals surface area contributed by atoms with Crippen molar-refractivity contribution < 1.29 is 0 Å². The van der Waals surface area contributed by atoms with Gasteiger partial charge >= 0.3 is 0 Å². The first-order valence-electron chi connectivity index (χ1n) is 6.58. The second-order valence-electron chi connectivity index (χ2n) is 4.95. The van der Waals surface area contributed by atoms with Gasteiger partial charge in [-0.25, -0.2) is 0 Å². The number of aryl methyl sites for hydroxylation is 1. The zero-order valence-corrected chi connectivity index (χ0v) is 11.3. The van der Waals surface area contributed by atoms with Crippen molar-refractivity contribution in [2.45, 2.75) is 58.5 Å². The van der Waals surface area contributed by atoms with Gasteiger partial charge < -0.3 is 5.32 Å². The molecule has 2 rings (SSSR count). The lowest BCUT2D eigenvalue weighted by Crippen LogP contribution is -2.37. The first-order valence-corrected chi connectivity index (χ1v) is 7.40. The molecule has 16 heavy (non-hydrogen) atoms. The van der Waals surface area contributed by atoms with Crippen LogP contribution in [0.1, 0.15) is 48.8 Å². The molecule has 90 valence electrons. The topological polar surface area (TPSA) is 12.0 Å². The second-order valence-corrected chi connectivity index (χ2v) is 6.32. The zero-order chi connectivity index (χ0) is 11.4. The lowest BCUT2D eigenvalue weighted by Gasteiger charge is -2.31. The molecule has 0 amide bonds. The van der Waals surface area contributed by atoms with E-state index in [0.717, 1.165) is 18.5 Å². The summed E-state index contributed by atoms with van der Waals surface area (Å²) in [5.74, 6) is 0.912. The standard InChI is InChI=1S/C14H23NS/c1-3-12-6-4-5-7-14(12)15-10-13-9-8-11(2)16-13/h8-9,12,14-15H,3-7,10H2,1-2H3. The minimum atomic E-state index is 0.765. The van der Waals surface area contributed by atoms with Crippen LogP contribution in [0.3, 0.4) is 0 Å². The fourth-order valence-corrected chi connectivity index (χ4v) is 3.62. The maximum Gasteiger partial charge on any atom is 0.0302 e. The summed E-state index contributed by atoms with van der Waals surface area (Å²) in [4.78, 5) is 2.91. The quantitative estimate of drug-likeness (QED) is 0.831. The van der Waals surface area contributed by atoms with Crippen LogP contribution in [0, 0.1) is 12.8 Å². The van der Waals surface area contributed by atoms with Gasteiger partial charge in [0.15, 0.2) is 0 Å². The summed E-state index contributed by atoms with van der Waals surface area (Å²) >= 11 is 1.92. The maximum absolute atomic E-state index is 3.76. The third-order valence-corrected chi connectivity index (χ3v) is 4.77. The minimum Gasteiger partial charge on any atom is -0.309 e. The molecule has 0 aromatic carbocycles. The Labute approximate surface area is 103 Å². The Hall–Kier alpha value is -0.340. The molecule has 1 aromatic heterocycles. The van der Waals surface area contributed by atoms with E-state index in [1.165, 1.54) is 41.9 Å². The molecule has 1 N–H and O–H groups in total. The summed E-state index contributed by atoms with van der Waals surface area (Å²) in [6.07, 6.45) is 6.99. The number of nitrogens with one attached hydrogen (secondary N) is 1. The van der Waals surface area contributed by atoms with Gasteiger partial charge in [0.05, 0.1) is 0 Å². The first kappa shape index (κ1) is 12.1. The van der Waals surface area contributed by atoms with Crippen molar-refractivity contribution in [2.75, 3.05) is 0 Å². The van der Waals surface area contributed by atoms with Crippen LogP contribution in [0.25, 0.3) is 0 Å². The summed E-state index contributed by atoms with van der Waals surface area (Å²) < 4.78 is 0. The first-order chi connectivity index (χ1) is 7.79. The summed E-state index contributed by atoms with van der Waals surface area (Å²) in [5.41, 5.74) is 0. The van der Waals surface area contributed by atoms with Gasteiger partial charge in [-0.3, -0.25) is 0 Å². The van der Waals surface area contributed by atoms with Crippen molar-refractivity contribution in [1.29, 1.82) is 0 Å². The average molecular weight is 237 g/mol. The summed E-state index contributed by atoms with van der Waals surface area (Å²) in [6.45, 7) is 5.59. The smallest absolute Gasteiger partial charge is 0.0302 e. The molecule has 1 saturated carbocycles. The van der Waals surface area contributed by atoms with Crippen LogP contribution >= 0.6 is 11.3 Å². The Morgan fingerprint density at radius 3 is 2.81 bits per heavy atom. The van der Waals surface area contributed by atoms with Gasteiger partial charge in [0.2, 0.25) is 0 Å². The van der Waals surface area contributed by atoms with Crippen LogP contribution in [-0.2, 0) is 6.54 Å². The lowest BCUT2D eigenvalue weighted by molar-refractivity contribution is 0.255. The molecular weight excluding hydrogens is 214 g/mol. The molecule has 1 aliphatic carbocycles. The SMILES string of the molecule is CCC1CCCCC1NCc1ccc(C)s1. The Kier molecular flexibility index (Phi) is 4.42. The van der Waals surface area contributed by atoms with E-state index in [4.69, 9.17) is 0 Å². The van der Waals surface area contributed by atoms with Crippen molar-refractivity contribution in [3.8, 4) is 0 Å². The van der Waals surface area contributed by atoms with Gasteiger partial charge in [-0.1, -0.05) is 26.2 Å². The van der Waals surface area contributed by atoms with Crippen molar-refractivity contribution in [3.63, 3.8) is 0 Å². The average Bonchev–Trinajstić information content (AvgIpc) is 2.73. The van der Waals surface area contributed by atoms with Crippen LogP contribution in [-0.4, -0.2) is 6.04 Å². The van der Waals surface area contributed by atoms with E-state index in [1.807, 2.05) is 11.3 Å². The van der Waals surface area contributed by atoms with Crippen molar-refractivity contribution in [1.82, 2.24) is 5.32 Å². The van der Waals surface area contributed by atoms with Crippen molar-refractivity contribution in [3.05, 3.63) is 21.9 Å². The molecule has 0 spiro atoms. The second kappa shape index (κ2) is 5.83. The van der Waals surface area contributed by atoms with Crippen molar-refractivity contribution in [2.24, 2.45) is 5.92 Å². The van der Waals surface area contributed by atoms with E-state index in [2.05, 4.69) is 31.3 Å². The van der Waals surface area contributed by atoms with Crippen LogP contribution in [0.2, 0.25) is 0 Å². The predicted molar refractivity (Wildman–Crippen MR) is 71.9 cm³/mol. The predicted octanol–water partition coefficient (Wildman–Crippen LogP) is 4.11. The summed E-state index contributed by atoms with van der Waals surface area (Å²) in [7, 11) is 0. The molecule has 1 nitrogen and oxygen atoms in total. The Balaban J connectivity index is 1.84. The Morgan fingerprint density at radius 2 is 2.12 bits per heavy atom. The molecule has 0 bridgehead atoms. The summed E-state index contributed by atoms with van der Waals surface area (Å²) in [5, 5.41) is 3.76. The largest absolute Gasteiger partial charge is 0.309 e. The molecular formula is C14H23NS. The van der Waals surface area contributed by atoms with E-state index >= 15 is 0 Å². The van der Waals surface area contributed by atoms with Gasteiger partial charge in [0, 0.05) is 22.3 Å². The fourth-order valence-electron chi connectivity index (χ4n) is 2.78. The highest BCUT2D eigenvalue weighted by Crippen LogP contribution is 2.27. The normalized spacial score (nSPS) is 25.9. The van der Waals surface area contributed by atoms with E-state index < -0.39 is 0 Å². The van der Waals surface area contributed by atoms with Gasteiger partial charge in [0.25, 0.3) is 0 Å². The maximum atomic E-state index is 3.76. The molecule has 2 unspecified atom stereocenters. The molecule has 0 aliphatic heterocycles. The van der Waals surface area contributed by atoms with Gasteiger partial charge in [-0.05, 0) is 37.8 Å². The van der Waals surface area contributed by atoms with E-state index in [0.29, 0.717) is 0 Å². The van der Waals surface area contributed by atoms with Crippen molar-refractivity contribution >= 4 is 11.3 Å². The monoisotopic (exact) mass is 237 g/mol. The van der Waals surface area contributed by atoms with E-state index in [-0.39, 0.29) is 0 Å². The third-order valence-electron chi connectivity index (χ3n) is 3.77. The number of hydrogen-bond donors (Lipinski definition) is 1. The number of hydrogen-bond acceptors (Lipinski definition) is 2. The van der Waals surface area contributed by atoms with Crippen LogP contribution in [0.15, 0.2) is 12.1 Å². The fraction of sp³-hybridized carbons (Fsp3) is 0.714. The van der Waals surface area contributed by atoms with Gasteiger partial charge in [-0.2, -0.15) is 0 Å². The third kappa shape index (κ3) is 3.08. The van der Waals surface area contributed by atoms with Crippen LogP contribution in [0.4, 0.5) is 0 Å².